The number of thiazole rings is 1. The third-order valence-electron chi connectivity index (χ3n) is 18.6. The van der Waals surface area contributed by atoms with Gasteiger partial charge in [0.2, 0.25) is 5.71 Å². The quantitative estimate of drug-likeness (QED) is 0.0495. The molecule has 8 fully saturated rings. The smallest absolute Gasteiger partial charge is 0.325 e. The number of benzene rings is 1. The Hall–Kier alpha value is -4.91. The lowest BCUT2D eigenvalue weighted by atomic mass is 9.73. The molecule has 5 saturated heterocycles. The van der Waals surface area contributed by atoms with Crippen LogP contribution >= 0.6 is 11.3 Å². The van der Waals surface area contributed by atoms with Gasteiger partial charge >= 0.3 is 5.97 Å². The van der Waals surface area contributed by atoms with E-state index in [1.165, 1.54) is 24.2 Å². The van der Waals surface area contributed by atoms with E-state index in [9.17, 15) is 4.79 Å². The monoisotopic (exact) mass is 1110 g/mol. The highest BCUT2D eigenvalue weighted by atomic mass is 32.1. The summed E-state index contributed by atoms with van der Waals surface area (Å²) in [6.45, 7) is 24.1. The molecule has 80 heavy (non-hydrogen) atoms. The Labute approximate surface area is 475 Å². The van der Waals surface area contributed by atoms with E-state index in [1.54, 1.807) is 19.2 Å². The van der Waals surface area contributed by atoms with E-state index in [0.29, 0.717) is 71.9 Å². The van der Waals surface area contributed by atoms with Crippen molar-refractivity contribution >= 4 is 39.8 Å². The van der Waals surface area contributed by atoms with Crippen LogP contribution < -0.4 is 10.7 Å². The van der Waals surface area contributed by atoms with Crippen LogP contribution in [0.15, 0.2) is 48.0 Å². The van der Waals surface area contributed by atoms with Gasteiger partial charge in [0.15, 0.2) is 24.1 Å². The molecular weight excluding hydrogens is 1030 g/mol. The Morgan fingerprint density at radius 2 is 1.74 bits per heavy atom. The lowest BCUT2D eigenvalue weighted by Gasteiger charge is -2.53. The number of aromatic nitrogens is 3. The normalized spacial score (nSPS) is 27.9. The maximum atomic E-state index is 15.6. The molecule has 13 rings (SSSR count). The predicted octanol–water partition coefficient (Wildman–Crippen LogP) is 6.45. The van der Waals surface area contributed by atoms with Crippen LogP contribution in [0, 0.1) is 35.0 Å². The Bertz CT molecular complexity index is 3060. The topological polar surface area (TPSA) is 157 Å². The molecule has 0 spiro atoms. The van der Waals surface area contributed by atoms with Crippen LogP contribution in [-0.2, 0) is 51.0 Å². The number of cyclic esters (lactones) is 1. The number of rotatable bonds is 13. The number of esters is 1. The van der Waals surface area contributed by atoms with Crippen molar-refractivity contribution in [2.24, 2.45) is 23.2 Å². The number of amides is 1. The zero-order valence-corrected chi connectivity index (χ0v) is 48.8. The highest BCUT2D eigenvalue weighted by Crippen LogP contribution is 2.47. The van der Waals surface area contributed by atoms with Crippen LogP contribution in [0.2, 0.25) is 0 Å². The molecule has 1 amide bonds. The first-order valence-corrected chi connectivity index (χ1v) is 30.4. The van der Waals surface area contributed by atoms with Gasteiger partial charge in [-0.05, 0) is 94.4 Å². The van der Waals surface area contributed by atoms with Crippen LogP contribution in [0.1, 0.15) is 101 Å². The fourth-order valence-corrected chi connectivity index (χ4v) is 14.2. The third-order valence-corrected chi connectivity index (χ3v) is 19.4. The summed E-state index contributed by atoms with van der Waals surface area (Å²) in [5.74, 6) is 6.99. The number of piperazine rings is 1. The van der Waals surface area contributed by atoms with Crippen LogP contribution in [0.5, 0.6) is 0 Å². The number of carbonyl (C=O) groups is 2. The van der Waals surface area contributed by atoms with E-state index in [0.717, 1.165) is 112 Å². The van der Waals surface area contributed by atoms with Crippen molar-refractivity contribution < 1.29 is 42.6 Å². The molecule has 9 aliphatic rings. The lowest BCUT2D eigenvalue weighted by Crippen LogP contribution is -2.72. The summed E-state index contributed by atoms with van der Waals surface area (Å²) in [7, 11) is 3.42. The molecule has 2 N–H and O–H groups in total. The van der Waals surface area contributed by atoms with E-state index in [1.807, 2.05) is 6.20 Å². The number of morpholine rings is 1. The highest BCUT2D eigenvalue weighted by Gasteiger charge is 2.54. The number of pyridine rings is 1. The number of fused-ring (bicyclic) bond motifs is 4. The van der Waals surface area contributed by atoms with E-state index in [-0.39, 0.29) is 60.5 Å². The molecule has 18 heteroatoms. The van der Waals surface area contributed by atoms with Gasteiger partial charge in [-0.3, -0.25) is 34.7 Å². The molecule has 17 nitrogen and oxygen atoms in total. The number of hydrogen-bond acceptors (Lipinski definition) is 15. The third kappa shape index (κ3) is 11.3. The van der Waals surface area contributed by atoms with Crippen LogP contribution in [-0.4, -0.2) is 187 Å². The second kappa shape index (κ2) is 23.4. The van der Waals surface area contributed by atoms with Gasteiger partial charge in [0.1, 0.15) is 25.5 Å². The average Bonchev–Trinajstić information content (AvgIpc) is 4.30. The van der Waals surface area contributed by atoms with E-state index in [2.05, 4.69) is 112 Å². The summed E-state index contributed by atoms with van der Waals surface area (Å²) < 4.78 is 41.8. The van der Waals surface area contributed by atoms with Gasteiger partial charge in [0, 0.05) is 123 Å². The van der Waals surface area contributed by atoms with Crippen molar-refractivity contribution in [3.05, 3.63) is 69.8 Å². The second-order valence-corrected chi connectivity index (χ2v) is 25.4. The van der Waals surface area contributed by atoms with Crippen molar-refractivity contribution in [3.8, 4) is 34.4 Å². The predicted molar refractivity (Wildman–Crippen MR) is 307 cm³/mol. The zero-order chi connectivity index (χ0) is 55.4. The van der Waals surface area contributed by atoms with Gasteiger partial charge in [0.05, 0.1) is 48.5 Å². The number of hydrazine groups is 1. The summed E-state index contributed by atoms with van der Waals surface area (Å²) in [4.78, 5) is 46.1. The van der Waals surface area contributed by atoms with Gasteiger partial charge in [0.25, 0.3) is 5.91 Å². The minimum absolute atomic E-state index is 0.0326. The Morgan fingerprint density at radius 3 is 2.45 bits per heavy atom. The fourth-order valence-electron chi connectivity index (χ4n) is 13.3. The Balaban J connectivity index is 1.00. The van der Waals surface area contributed by atoms with Gasteiger partial charge in [-0.1, -0.05) is 50.8 Å². The van der Waals surface area contributed by atoms with Crippen molar-refractivity contribution in [1.82, 2.24) is 40.1 Å². The average molecular weight is 1110 g/mol. The number of methoxy groups -OCH3 is 2. The van der Waals surface area contributed by atoms with Crippen LogP contribution in [0.4, 0.5) is 0 Å². The van der Waals surface area contributed by atoms with Crippen molar-refractivity contribution in [1.29, 1.82) is 0 Å². The van der Waals surface area contributed by atoms with Crippen molar-refractivity contribution in [2.45, 2.75) is 135 Å². The number of nitrogens with one attached hydrogen (secondary N) is 2. The maximum absolute atomic E-state index is 15.6. The van der Waals surface area contributed by atoms with Gasteiger partial charge in [-0.25, -0.2) is 15.0 Å². The second-order valence-electron chi connectivity index (χ2n) is 24.5. The minimum Gasteiger partial charge on any atom is -0.464 e. The molecule has 4 aromatic rings. The molecule has 7 atom stereocenters. The first-order valence-electron chi connectivity index (χ1n) is 29.5. The number of hydrogen-bond donors (Lipinski definition) is 2. The van der Waals surface area contributed by atoms with Gasteiger partial charge < -0.3 is 33.0 Å². The summed E-state index contributed by atoms with van der Waals surface area (Å²) in [5, 5.41) is 9.34. The molecule has 6 aliphatic heterocycles. The van der Waals surface area contributed by atoms with Crippen molar-refractivity contribution in [3.63, 3.8) is 0 Å². The van der Waals surface area contributed by atoms with Gasteiger partial charge in [-0.15, -0.1) is 11.3 Å². The largest absolute Gasteiger partial charge is 0.464 e. The minimum atomic E-state index is -0.880. The molecule has 1 unspecified atom stereocenters. The molecule has 0 radical (unpaired) electrons. The van der Waals surface area contributed by atoms with E-state index >= 15 is 4.79 Å². The molecule has 8 bridgehead atoms. The summed E-state index contributed by atoms with van der Waals surface area (Å²) >= 11 is 1.54. The molecular formula is C62H82N9O8S+. The lowest BCUT2D eigenvalue weighted by molar-refractivity contribution is -0.550. The number of nitrogens with zero attached hydrogens (tertiary/aromatic N) is 7. The van der Waals surface area contributed by atoms with Gasteiger partial charge in [-0.2, -0.15) is 0 Å². The molecule has 1 aromatic carbocycles. The molecule has 3 aliphatic carbocycles. The molecule has 3 aromatic heterocycles. The summed E-state index contributed by atoms with van der Waals surface area (Å²) in [6.07, 6.45) is 7.51. The Morgan fingerprint density at radius 1 is 0.988 bits per heavy atom. The standard InChI is InChI=1S/C62H82N9O8S/c1-37(67-17-19-68(20-18-67)44-12-13-44)9-10-41-29-48(53(63-34-41)40(4)74-7)56-49-33-62(5,6)36-79-61(73)54-43-30-45(31-43)71(66-54)60(72)55(65-58(75-8)52-38(2)39(52)3)57(69-21-26-77-27-22-69)59-64-50(35-80-59)42-11-14-51(47(49)32-42)70(56)23-28-78-46-15-24-76-25-16-46/h11,14,29,32,34-35,37,39-40,43-46,52,54-55,58,65-66H,2,12-13,15-28,30-31,33,36H2,1,3-8H3/q+1/t37-,39-,40+,43?,45?,52-,54+,55+,58?/m1/s1. The van der Waals surface area contributed by atoms with Crippen LogP contribution in [0.3, 0.4) is 0 Å². The number of ether oxygens (including phenoxy) is 6. The molecule has 3 saturated carbocycles. The summed E-state index contributed by atoms with van der Waals surface area (Å²) in [5.41, 5.74) is 12.2. The summed E-state index contributed by atoms with van der Waals surface area (Å²) in [6, 6.07) is 8.08. The highest BCUT2D eigenvalue weighted by molar-refractivity contribution is 7.12. The van der Waals surface area contributed by atoms with E-state index in [4.69, 9.17) is 38.4 Å². The molecule has 9 heterocycles. The fraction of sp³-hybridized carbons (Fsp3) is 0.629. The number of carbonyl (C=O) groups excluding carboxylic acids is 2. The SMILES string of the molecule is C=C1[C@@H](C)[C@@H]1C(N[C@@H]1C(=O)N2N[C@H](C(=O)OCC(C)(C)Cc3c(-c4cc(C#C[C@@H](C)N5CCN(C6CC6)CC5)cnc4[C@H](C)OC)n(CCOC4CCOCC4)c4ccc(cc34)-c3csc(n3)C1=[N+]1CCOCC1)C1CC2C1)OC. The Kier molecular flexibility index (Phi) is 16.3. The van der Waals surface area contributed by atoms with E-state index < -0.39 is 23.7 Å². The van der Waals surface area contributed by atoms with Crippen LogP contribution in [0.25, 0.3) is 33.4 Å². The zero-order valence-electron chi connectivity index (χ0n) is 48.0. The molecule has 428 valence electrons. The first-order chi connectivity index (χ1) is 38.8. The van der Waals surface area contributed by atoms with Crippen molar-refractivity contribution in [2.75, 3.05) is 93.1 Å². The maximum Gasteiger partial charge on any atom is 0.325 e. The first kappa shape index (κ1) is 55.6.